The van der Waals surface area contributed by atoms with E-state index >= 15 is 0 Å². The van der Waals surface area contributed by atoms with Crippen LogP contribution >= 0.6 is 110 Å². The average molecular weight is 2090 g/mol. The van der Waals surface area contributed by atoms with Gasteiger partial charge in [0.15, 0.2) is 39.7 Å². The number of carboxylic acid groups (broad SMARTS) is 1. The first-order chi connectivity index (χ1) is 47.6. The second kappa shape index (κ2) is 36.8. The summed E-state index contributed by atoms with van der Waals surface area (Å²) in [4.78, 5) is 78.8. The number of ether oxygens (including phenoxy) is 2. The maximum absolute atomic E-state index is 13.8. The third-order valence-electron chi connectivity index (χ3n) is 16.1. The van der Waals surface area contributed by atoms with Gasteiger partial charge in [-0.25, -0.2) is 65.6 Å². The number of hydrogen-bond acceptors (Lipinski definition) is 15. The summed E-state index contributed by atoms with van der Waals surface area (Å²) in [6.45, 7) is 27.7. The van der Waals surface area contributed by atoms with Crippen molar-refractivity contribution >= 4 is 162 Å². The Kier molecular flexibility index (Phi) is 30.6. The number of amides is 2. The normalized spacial score (nSPS) is 12.5. The molecule has 1 saturated heterocycles. The van der Waals surface area contributed by atoms with Gasteiger partial charge >= 0.3 is 68.4 Å². The predicted molar refractivity (Wildman–Crippen MR) is 428 cm³/mol. The summed E-state index contributed by atoms with van der Waals surface area (Å²) in [7, 11) is 2.63. The van der Waals surface area contributed by atoms with E-state index in [2.05, 4.69) is 146 Å². The van der Waals surface area contributed by atoms with Crippen LogP contribution in [0.3, 0.4) is 0 Å². The van der Waals surface area contributed by atoms with Crippen molar-refractivity contribution in [2.24, 2.45) is 0 Å². The molecule has 22 nitrogen and oxygen atoms in total. The molecular weight excluding hydrogens is 2020 g/mol. The molecule has 2 N–H and O–H groups in total. The molecule has 0 radical (unpaired) electrons. The fraction of sp³-hybridized carbons (Fsp3) is 0.329. The first-order valence-corrected chi connectivity index (χ1v) is 50.4. The Morgan fingerprint density at radius 1 is 0.578 bits per heavy atom. The van der Waals surface area contributed by atoms with Crippen LogP contribution in [0.4, 0.5) is 13.2 Å². The molecule has 1 aliphatic heterocycles. The Morgan fingerprint density at radius 2 is 0.922 bits per heavy atom. The number of rotatable bonds is 10. The van der Waals surface area contributed by atoms with Crippen LogP contribution in [0.15, 0.2) is 104 Å². The van der Waals surface area contributed by atoms with Crippen molar-refractivity contribution in [2.45, 2.75) is 126 Å². The van der Waals surface area contributed by atoms with Gasteiger partial charge in [0.05, 0.1) is 56.1 Å². The van der Waals surface area contributed by atoms with E-state index < -0.39 is 23.4 Å². The molecule has 8 aromatic heterocycles. The molecule has 0 aliphatic carbocycles. The number of nitrogens with zero attached hydrogens (tertiary/aromatic N) is 13. The van der Waals surface area contributed by atoms with E-state index in [4.69, 9.17) is 21.4 Å². The van der Waals surface area contributed by atoms with Crippen molar-refractivity contribution in [1.82, 2.24) is 68.6 Å². The van der Waals surface area contributed by atoms with Gasteiger partial charge in [0.2, 0.25) is 5.91 Å². The Labute approximate surface area is 663 Å². The Hall–Kier alpha value is -6.05. The molecule has 32 heteroatoms. The quantitative estimate of drug-likeness (QED) is 0.0952. The molecule has 1 fully saturated rings. The summed E-state index contributed by atoms with van der Waals surface area (Å²) >= 11 is 15.5. The van der Waals surface area contributed by atoms with E-state index in [-0.39, 0.29) is 99.2 Å². The minimum absolute atomic E-state index is 0. The van der Waals surface area contributed by atoms with E-state index in [0.717, 1.165) is 38.9 Å². The van der Waals surface area contributed by atoms with Crippen LogP contribution in [0.5, 0.6) is 0 Å². The number of imidazole rings is 4. The zero-order valence-electron chi connectivity index (χ0n) is 58.4. The van der Waals surface area contributed by atoms with E-state index in [1.807, 2.05) is 59.7 Å². The number of carboxylic acids is 1. The zero-order chi connectivity index (χ0) is 74.9. The summed E-state index contributed by atoms with van der Waals surface area (Å²) in [6.07, 6.45) is 6.06. The van der Waals surface area contributed by atoms with Gasteiger partial charge in [-0.2, -0.15) is 20.4 Å². The number of piperazine rings is 1. The van der Waals surface area contributed by atoms with Crippen molar-refractivity contribution in [2.75, 3.05) is 27.3 Å². The summed E-state index contributed by atoms with van der Waals surface area (Å²) in [5.41, 5.74) is 11.5. The number of nitrogens with one attached hydrogen (secondary N) is 1. The van der Waals surface area contributed by atoms with Crippen LogP contribution in [-0.2, 0) is 19.7 Å². The standard InChI is InChI=1S/C24H28FN5O2.C18H18FN3O2.C17H16FN3O2.C11H12ClN3O2.I3.I2.HI/c1-14-11-15(7-8-17(14)25)18-12-16(23(2,3)4)20-27-19(13-30(20)28-18)21(31)29-10-9-26-22(32)24(29,5)6;1-10(2)13-8-15(12-5-6-14(19)11(3)7-12)21-22-9-16(18(23)24-4)20-17(13)22;1-9(2)12-7-14(11-4-5-13(18)10(3)6-11)20-21-8-15(17(22)23)19-16(12)21;1-6(2)7-4-9(12)14-15-5-8(11(16)17-3)13-10(7)15;1-3-2;1-2;/h7-8,11-13H,9-10H2,1-6H3,(H,26,32);5-10H,1-4H3;4-9H,1-3H3,(H,22,23);4-6H,1-3H3;;;1H/q;;;;-1;;. The molecule has 1 aliphatic rings. The van der Waals surface area contributed by atoms with Gasteiger partial charge in [-0.3, -0.25) is 9.59 Å². The second-order valence-corrected chi connectivity index (χ2v) is 42.3. The minimum atomic E-state index is -1.09. The van der Waals surface area contributed by atoms with Gasteiger partial charge in [0.1, 0.15) is 33.8 Å². The SMILES string of the molecule is COC(=O)c1cn2nc(-c3ccc(F)c(C)c3)cc(C(C)C)c2n1.COC(=O)c1cn2nc(Cl)cc(C(C)C)c2n1.Cc1cc(-c2cc(C(C)(C)C)c3nc(C(=O)N4CCNC(=O)C4(C)C)cn3n2)ccc1F.Cc1cc(-c2cc(C(C)C)c3nc(C(=O)O)cn3n2)ccc1F.I.II.I[I-]I. The number of aromatic nitrogens is 12. The molecule has 0 bridgehead atoms. The number of carbonyl (C=O) groups is 5. The van der Waals surface area contributed by atoms with Gasteiger partial charge in [-0.1, -0.05) is 73.9 Å². The van der Waals surface area contributed by atoms with Crippen LogP contribution in [0.25, 0.3) is 56.4 Å². The fourth-order valence-corrected chi connectivity index (χ4v) is 10.8. The third kappa shape index (κ3) is 20.1. The van der Waals surface area contributed by atoms with Crippen molar-refractivity contribution < 1.29 is 65.0 Å². The number of aryl methyl sites for hydroxylation is 3. The second-order valence-electron chi connectivity index (χ2n) is 25.6. The molecule has 3 aromatic carbocycles. The van der Waals surface area contributed by atoms with Crippen LogP contribution in [0, 0.1) is 38.2 Å². The van der Waals surface area contributed by atoms with Crippen LogP contribution in [0.2, 0.25) is 5.15 Å². The number of aromatic carboxylic acids is 1. The molecule has 0 spiro atoms. The average Bonchev–Trinajstić information content (AvgIpc) is 1.60. The molecule has 0 atom stereocenters. The van der Waals surface area contributed by atoms with Gasteiger partial charge in [-0.15, -0.1) is 24.0 Å². The number of esters is 2. The van der Waals surface area contributed by atoms with Crippen LogP contribution < -0.4 is 18.6 Å². The van der Waals surface area contributed by atoms with Crippen molar-refractivity contribution in [3.05, 3.63) is 188 Å². The molecule has 11 aromatic rings. The zero-order valence-corrected chi connectivity index (χ0v) is 72.3. The first-order valence-electron chi connectivity index (χ1n) is 31.2. The molecule has 0 unspecified atom stereocenters. The first kappa shape index (κ1) is 84.9. The summed E-state index contributed by atoms with van der Waals surface area (Å²) in [5, 5.41) is 30.0. The van der Waals surface area contributed by atoms with Gasteiger partial charge in [0.25, 0.3) is 5.91 Å². The van der Waals surface area contributed by atoms with E-state index in [9.17, 15) is 37.1 Å². The molecule has 102 heavy (non-hydrogen) atoms. The molecule has 0 saturated carbocycles. The number of methoxy groups -OCH3 is 2. The van der Waals surface area contributed by atoms with E-state index in [1.165, 1.54) is 53.8 Å². The Morgan fingerprint density at radius 3 is 1.29 bits per heavy atom. The van der Waals surface area contributed by atoms with Gasteiger partial charge < -0.3 is 24.8 Å². The van der Waals surface area contributed by atoms with Crippen molar-refractivity contribution in [1.29, 1.82) is 0 Å². The summed E-state index contributed by atoms with van der Waals surface area (Å²) < 4.78 is 56.3. The predicted octanol–water partition coefficient (Wildman–Crippen LogP) is 14.4. The van der Waals surface area contributed by atoms with Gasteiger partial charge in [0, 0.05) is 89.3 Å². The number of carbonyl (C=O) groups excluding carboxylic acids is 4. The van der Waals surface area contributed by atoms with E-state index in [1.54, 1.807) is 103 Å². The number of fused-ring (bicyclic) bond motifs is 4. The number of hydrogen-bond donors (Lipinski definition) is 2. The molecule has 2 amide bonds. The molecule has 9 heterocycles. The van der Waals surface area contributed by atoms with Crippen molar-refractivity contribution in [3.63, 3.8) is 0 Å². The Balaban J connectivity index is 0.000000213. The Bertz CT molecular complexity index is 4900. The number of halogens is 10. The monoisotopic (exact) mass is 2090 g/mol. The maximum atomic E-state index is 13.8. The third-order valence-corrected chi connectivity index (χ3v) is 16.3. The van der Waals surface area contributed by atoms with Crippen LogP contribution in [0.1, 0.15) is 175 Å². The van der Waals surface area contributed by atoms with E-state index in [0.29, 0.717) is 87.9 Å². The summed E-state index contributed by atoms with van der Waals surface area (Å²) in [6, 6.07) is 22.1. The fourth-order valence-electron chi connectivity index (χ4n) is 10.6. The van der Waals surface area contributed by atoms with Crippen LogP contribution in [-0.4, -0.2) is 131 Å². The molecule has 544 valence electrons. The molecular formula is C70H75ClF3I6N14O8-. The van der Waals surface area contributed by atoms with Gasteiger partial charge in [-0.05, 0) is 153 Å². The van der Waals surface area contributed by atoms with Crippen molar-refractivity contribution in [3.8, 4) is 33.8 Å². The number of benzene rings is 3. The topological polar surface area (TPSA) is 260 Å². The molecule has 12 rings (SSSR count). The summed E-state index contributed by atoms with van der Waals surface area (Å²) in [5.74, 6) is -2.80.